The second-order valence-corrected chi connectivity index (χ2v) is 4.61. The van der Waals surface area contributed by atoms with Gasteiger partial charge < -0.3 is 4.90 Å². The smallest absolute Gasteiger partial charge is 0.146 e. The third-order valence-electron chi connectivity index (χ3n) is 2.45. The summed E-state index contributed by atoms with van der Waals surface area (Å²) in [4.78, 5) is 10.4. The van der Waals surface area contributed by atoms with E-state index in [1.807, 2.05) is 0 Å². The number of rotatable bonds is 2. The Morgan fingerprint density at radius 3 is 3.14 bits per heavy atom. The van der Waals surface area contributed by atoms with Crippen LogP contribution >= 0.6 is 27.5 Å². The zero-order valence-electron chi connectivity index (χ0n) is 7.66. The van der Waals surface area contributed by atoms with Crippen LogP contribution in [0.3, 0.4) is 0 Å². The number of halogens is 2. The summed E-state index contributed by atoms with van der Waals surface area (Å²) in [6, 6.07) is 0. The van der Waals surface area contributed by atoms with Crippen molar-refractivity contribution in [3.05, 3.63) is 17.0 Å². The highest BCUT2D eigenvalue weighted by atomic mass is 79.9. The summed E-state index contributed by atoms with van der Waals surface area (Å²) in [7, 11) is 0. The van der Waals surface area contributed by atoms with E-state index in [2.05, 4.69) is 30.8 Å². The van der Waals surface area contributed by atoms with Crippen molar-refractivity contribution in [1.29, 1.82) is 0 Å². The number of aromatic nitrogens is 2. The Morgan fingerprint density at radius 1 is 1.64 bits per heavy atom. The van der Waals surface area contributed by atoms with Gasteiger partial charge in [0.2, 0.25) is 0 Å². The van der Waals surface area contributed by atoms with Crippen LogP contribution < -0.4 is 4.90 Å². The van der Waals surface area contributed by atoms with Crippen molar-refractivity contribution in [3.63, 3.8) is 0 Å². The van der Waals surface area contributed by atoms with E-state index >= 15 is 0 Å². The van der Waals surface area contributed by atoms with E-state index in [1.165, 1.54) is 0 Å². The monoisotopic (exact) mass is 275 g/mol. The molecule has 1 saturated heterocycles. The van der Waals surface area contributed by atoms with Crippen LogP contribution in [-0.4, -0.2) is 28.9 Å². The minimum atomic E-state index is 0.596. The maximum absolute atomic E-state index is 5.83. The summed E-state index contributed by atoms with van der Waals surface area (Å²) in [5.74, 6) is 2.31. The van der Waals surface area contributed by atoms with Gasteiger partial charge in [-0.1, -0.05) is 0 Å². The molecule has 76 valence electrons. The van der Waals surface area contributed by atoms with Gasteiger partial charge in [0.1, 0.15) is 12.1 Å². The van der Waals surface area contributed by atoms with Gasteiger partial charge in [-0.2, -0.15) is 0 Å². The molecule has 0 aromatic carbocycles. The molecule has 2 rings (SSSR count). The first-order valence-electron chi connectivity index (χ1n) is 4.57. The van der Waals surface area contributed by atoms with Crippen molar-refractivity contribution in [1.82, 2.24) is 9.97 Å². The van der Waals surface area contributed by atoms with Crippen LogP contribution in [0.15, 0.2) is 17.0 Å². The predicted molar refractivity (Wildman–Crippen MR) is 60.8 cm³/mol. The van der Waals surface area contributed by atoms with Crippen LogP contribution in [-0.2, 0) is 0 Å². The Bertz CT molecular complexity index is 321. The van der Waals surface area contributed by atoms with Crippen molar-refractivity contribution < 1.29 is 0 Å². The van der Waals surface area contributed by atoms with Crippen LogP contribution in [0, 0.1) is 5.92 Å². The molecule has 0 saturated carbocycles. The lowest BCUT2D eigenvalue weighted by Gasteiger charge is -2.17. The Morgan fingerprint density at radius 2 is 2.50 bits per heavy atom. The molecule has 0 aliphatic carbocycles. The SMILES string of the molecule is ClCC1CCN(c2ncncc2Br)C1. The van der Waals surface area contributed by atoms with Gasteiger partial charge in [-0.15, -0.1) is 11.6 Å². The number of nitrogens with zero attached hydrogens (tertiary/aromatic N) is 3. The molecule has 1 unspecified atom stereocenters. The maximum Gasteiger partial charge on any atom is 0.146 e. The standard InChI is InChI=1S/C9H11BrClN3/c10-8-4-12-6-13-9(8)14-2-1-7(3-11)5-14/h4,6-7H,1-3,5H2. The average molecular weight is 277 g/mol. The van der Waals surface area contributed by atoms with Gasteiger partial charge in [-0.25, -0.2) is 9.97 Å². The normalized spacial score (nSPS) is 21.6. The second-order valence-electron chi connectivity index (χ2n) is 3.45. The first-order chi connectivity index (χ1) is 6.81. The molecule has 2 heterocycles. The zero-order chi connectivity index (χ0) is 9.97. The summed E-state index contributed by atoms with van der Waals surface area (Å²) in [5, 5.41) is 0. The molecule has 1 fully saturated rings. The van der Waals surface area contributed by atoms with Gasteiger partial charge in [-0.05, 0) is 28.3 Å². The molecule has 0 spiro atoms. The van der Waals surface area contributed by atoms with E-state index in [9.17, 15) is 0 Å². The Hall–Kier alpha value is -0.350. The van der Waals surface area contributed by atoms with Gasteiger partial charge in [0.15, 0.2) is 0 Å². The van der Waals surface area contributed by atoms with Crippen molar-refractivity contribution in [2.45, 2.75) is 6.42 Å². The summed E-state index contributed by atoms with van der Waals surface area (Å²) in [5.41, 5.74) is 0. The summed E-state index contributed by atoms with van der Waals surface area (Å²) in [6.45, 7) is 2.03. The van der Waals surface area contributed by atoms with Crippen LogP contribution in [0.25, 0.3) is 0 Å². The molecule has 3 nitrogen and oxygen atoms in total. The van der Waals surface area contributed by atoms with Crippen LogP contribution in [0.2, 0.25) is 0 Å². The highest BCUT2D eigenvalue weighted by molar-refractivity contribution is 9.10. The van der Waals surface area contributed by atoms with E-state index in [0.717, 1.165) is 35.7 Å². The fraction of sp³-hybridized carbons (Fsp3) is 0.556. The Balaban J connectivity index is 2.13. The predicted octanol–water partition coefficient (Wildman–Crippen LogP) is 2.30. The molecule has 14 heavy (non-hydrogen) atoms. The molecule has 1 atom stereocenters. The lowest BCUT2D eigenvalue weighted by atomic mass is 10.2. The van der Waals surface area contributed by atoms with Gasteiger partial charge in [0.25, 0.3) is 0 Å². The molecule has 1 aliphatic rings. The molecule has 1 aliphatic heterocycles. The van der Waals surface area contributed by atoms with Gasteiger partial charge in [0.05, 0.1) is 4.47 Å². The lowest BCUT2D eigenvalue weighted by molar-refractivity contribution is 0.666. The fourth-order valence-electron chi connectivity index (χ4n) is 1.69. The first kappa shape index (κ1) is 10.2. The molecule has 0 N–H and O–H groups in total. The molecule has 1 aromatic heterocycles. The van der Waals surface area contributed by atoms with E-state index in [-0.39, 0.29) is 0 Å². The molecular weight excluding hydrogens is 265 g/mol. The minimum Gasteiger partial charge on any atom is -0.355 e. The van der Waals surface area contributed by atoms with E-state index < -0.39 is 0 Å². The molecule has 0 bridgehead atoms. The lowest BCUT2D eigenvalue weighted by Crippen LogP contribution is -2.21. The Labute approximate surface area is 96.6 Å². The number of hydrogen-bond donors (Lipinski definition) is 0. The third-order valence-corrected chi connectivity index (χ3v) is 3.45. The van der Waals surface area contributed by atoms with Crippen molar-refractivity contribution >= 4 is 33.3 Å². The fourth-order valence-corrected chi connectivity index (χ4v) is 2.41. The number of anilines is 1. The van der Waals surface area contributed by atoms with Gasteiger partial charge in [-0.3, -0.25) is 0 Å². The number of hydrogen-bond acceptors (Lipinski definition) is 3. The number of alkyl halides is 1. The van der Waals surface area contributed by atoms with Gasteiger partial charge in [0, 0.05) is 25.2 Å². The summed E-state index contributed by atoms with van der Waals surface area (Å²) in [6.07, 6.45) is 4.50. The topological polar surface area (TPSA) is 29.0 Å². The van der Waals surface area contributed by atoms with Crippen molar-refractivity contribution in [3.8, 4) is 0 Å². The summed E-state index contributed by atoms with van der Waals surface area (Å²) >= 11 is 9.28. The zero-order valence-corrected chi connectivity index (χ0v) is 10.00. The van der Waals surface area contributed by atoms with E-state index in [1.54, 1.807) is 12.5 Å². The van der Waals surface area contributed by atoms with E-state index in [4.69, 9.17) is 11.6 Å². The maximum atomic E-state index is 5.83. The van der Waals surface area contributed by atoms with E-state index in [0.29, 0.717) is 5.92 Å². The third kappa shape index (κ3) is 2.01. The quantitative estimate of drug-likeness (QED) is 0.776. The highest BCUT2D eigenvalue weighted by Crippen LogP contribution is 2.27. The first-order valence-corrected chi connectivity index (χ1v) is 5.90. The van der Waals surface area contributed by atoms with Crippen LogP contribution in [0.5, 0.6) is 0 Å². The Kier molecular flexibility index (Phi) is 3.23. The van der Waals surface area contributed by atoms with Crippen LogP contribution in [0.1, 0.15) is 6.42 Å². The second kappa shape index (κ2) is 4.45. The molecule has 5 heteroatoms. The molecule has 1 aromatic rings. The van der Waals surface area contributed by atoms with Crippen molar-refractivity contribution in [2.75, 3.05) is 23.9 Å². The largest absolute Gasteiger partial charge is 0.355 e. The van der Waals surface area contributed by atoms with Crippen LogP contribution in [0.4, 0.5) is 5.82 Å². The average Bonchev–Trinajstić information content (AvgIpc) is 2.67. The molecule has 0 radical (unpaired) electrons. The highest BCUT2D eigenvalue weighted by Gasteiger charge is 2.23. The molecule has 0 amide bonds. The van der Waals surface area contributed by atoms with Crippen molar-refractivity contribution in [2.24, 2.45) is 5.92 Å². The summed E-state index contributed by atoms with van der Waals surface area (Å²) < 4.78 is 0.954. The minimum absolute atomic E-state index is 0.596. The van der Waals surface area contributed by atoms with Gasteiger partial charge >= 0.3 is 0 Å². The molecular formula is C9H11BrClN3.